The summed E-state index contributed by atoms with van der Waals surface area (Å²) in [6, 6.07) is 14.7. The lowest BCUT2D eigenvalue weighted by Crippen LogP contribution is -2.48. The molecule has 0 atom stereocenters. The highest BCUT2D eigenvalue weighted by Crippen LogP contribution is 2.24. The van der Waals surface area contributed by atoms with Crippen LogP contribution in [0, 0.1) is 6.92 Å². The molecule has 0 spiro atoms. The maximum atomic E-state index is 12.9. The maximum absolute atomic E-state index is 12.9. The van der Waals surface area contributed by atoms with Gasteiger partial charge in [-0.1, -0.05) is 24.3 Å². The van der Waals surface area contributed by atoms with E-state index in [1.54, 1.807) is 31.4 Å². The first-order valence-corrected chi connectivity index (χ1v) is 11.9. The third kappa shape index (κ3) is 4.33. The quantitative estimate of drug-likeness (QED) is 0.582. The highest BCUT2D eigenvalue weighted by molar-refractivity contribution is 7.89. The zero-order chi connectivity index (χ0) is 21.1. The van der Waals surface area contributed by atoms with Crippen LogP contribution in [-0.2, 0) is 16.4 Å². The number of methoxy groups -OCH3 is 1. The monoisotopic (exact) mass is 444 g/mol. The van der Waals surface area contributed by atoms with E-state index in [0.717, 1.165) is 11.0 Å². The van der Waals surface area contributed by atoms with Gasteiger partial charge in [0, 0.05) is 44.1 Å². The van der Waals surface area contributed by atoms with E-state index >= 15 is 0 Å². The first kappa shape index (κ1) is 20.8. The van der Waals surface area contributed by atoms with E-state index in [2.05, 4.69) is 33.3 Å². The lowest BCUT2D eigenvalue weighted by atomic mass is 10.1. The predicted octanol–water partition coefficient (Wildman–Crippen LogP) is 2.96. The van der Waals surface area contributed by atoms with Crippen molar-refractivity contribution < 1.29 is 13.2 Å². The number of aromatic nitrogens is 2. The van der Waals surface area contributed by atoms with Gasteiger partial charge < -0.3 is 9.64 Å². The lowest BCUT2D eigenvalue weighted by Gasteiger charge is -2.33. The summed E-state index contributed by atoms with van der Waals surface area (Å²) in [5, 5.41) is 0.847. The summed E-state index contributed by atoms with van der Waals surface area (Å²) in [6.45, 7) is 4.11. The fourth-order valence-corrected chi connectivity index (χ4v) is 5.60. The minimum absolute atomic E-state index is 0.285. The zero-order valence-corrected chi connectivity index (χ0v) is 18.6. The number of hydrogen-bond donors (Lipinski definition) is 0. The number of piperazine rings is 1. The van der Waals surface area contributed by atoms with E-state index in [1.165, 1.54) is 27.0 Å². The molecule has 1 fully saturated rings. The Kier molecular flexibility index (Phi) is 6.03. The van der Waals surface area contributed by atoms with E-state index in [-0.39, 0.29) is 4.90 Å². The molecule has 1 aliphatic rings. The molecule has 0 unspecified atom stereocenters. The molecule has 0 amide bonds. The summed E-state index contributed by atoms with van der Waals surface area (Å²) < 4.78 is 37.0. The third-order valence-corrected chi connectivity index (χ3v) is 8.00. The standard InChI is InChI=1S/C21H24N4O3S2/c1-16-5-3-4-6-17(16)15-20-22-21(29-23-20)24-11-13-25(14-12-24)30(26,27)19-9-7-18(28-2)8-10-19/h3-10H,11-15H2,1-2H3. The molecule has 2 heterocycles. The van der Waals surface area contributed by atoms with E-state index in [9.17, 15) is 8.42 Å². The van der Waals surface area contributed by atoms with Crippen LogP contribution >= 0.6 is 11.5 Å². The Bertz CT molecular complexity index is 1110. The molecule has 1 saturated heterocycles. The van der Waals surface area contributed by atoms with Crippen LogP contribution in [0.15, 0.2) is 53.4 Å². The molecule has 3 aromatic rings. The van der Waals surface area contributed by atoms with Gasteiger partial charge in [0.2, 0.25) is 15.2 Å². The van der Waals surface area contributed by atoms with Crippen molar-refractivity contribution >= 4 is 26.7 Å². The van der Waals surface area contributed by atoms with Gasteiger partial charge in [-0.15, -0.1) is 0 Å². The van der Waals surface area contributed by atoms with Crippen LogP contribution < -0.4 is 9.64 Å². The second kappa shape index (κ2) is 8.71. The van der Waals surface area contributed by atoms with E-state index in [4.69, 9.17) is 4.74 Å². The molecule has 30 heavy (non-hydrogen) atoms. The van der Waals surface area contributed by atoms with E-state index in [1.807, 2.05) is 12.1 Å². The number of anilines is 1. The molecule has 9 heteroatoms. The number of ether oxygens (including phenoxy) is 1. The molecule has 0 bridgehead atoms. The van der Waals surface area contributed by atoms with Gasteiger partial charge in [-0.2, -0.15) is 8.68 Å². The number of sulfonamides is 1. The van der Waals surface area contributed by atoms with Crippen LogP contribution in [-0.4, -0.2) is 55.4 Å². The maximum Gasteiger partial charge on any atom is 0.243 e. The average molecular weight is 445 g/mol. The van der Waals surface area contributed by atoms with Crippen molar-refractivity contribution in [2.24, 2.45) is 0 Å². The fraction of sp³-hybridized carbons (Fsp3) is 0.333. The molecule has 1 aromatic heterocycles. The number of benzene rings is 2. The predicted molar refractivity (Wildman–Crippen MR) is 118 cm³/mol. The van der Waals surface area contributed by atoms with Crippen LogP contribution in [0.25, 0.3) is 0 Å². The van der Waals surface area contributed by atoms with Gasteiger partial charge in [-0.3, -0.25) is 0 Å². The highest BCUT2D eigenvalue weighted by atomic mass is 32.2. The number of rotatable bonds is 6. The molecule has 7 nitrogen and oxygen atoms in total. The van der Waals surface area contributed by atoms with Gasteiger partial charge in [0.15, 0.2) is 0 Å². The average Bonchev–Trinajstić information content (AvgIpc) is 3.24. The van der Waals surface area contributed by atoms with Crippen molar-refractivity contribution in [2.75, 3.05) is 38.2 Å². The van der Waals surface area contributed by atoms with E-state index < -0.39 is 10.0 Å². The third-order valence-electron chi connectivity index (χ3n) is 5.27. The molecule has 0 aliphatic carbocycles. The first-order valence-electron chi connectivity index (χ1n) is 9.73. The Balaban J connectivity index is 1.40. The minimum Gasteiger partial charge on any atom is -0.497 e. The SMILES string of the molecule is COc1ccc(S(=O)(=O)N2CCN(c3nc(Cc4ccccc4C)ns3)CC2)cc1. The van der Waals surface area contributed by atoms with Gasteiger partial charge in [-0.05, 0) is 42.3 Å². The van der Waals surface area contributed by atoms with Gasteiger partial charge in [-0.25, -0.2) is 13.4 Å². The second-order valence-electron chi connectivity index (χ2n) is 7.16. The minimum atomic E-state index is -3.51. The Hall–Kier alpha value is -2.49. The van der Waals surface area contributed by atoms with Gasteiger partial charge >= 0.3 is 0 Å². The highest BCUT2D eigenvalue weighted by Gasteiger charge is 2.29. The molecule has 158 valence electrons. The van der Waals surface area contributed by atoms with Crippen molar-refractivity contribution in [3.05, 3.63) is 65.5 Å². The van der Waals surface area contributed by atoms with Crippen LogP contribution in [0.1, 0.15) is 17.0 Å². The van der Waals surface area contributed by atoms with Crippen molar-refractivity contribution in [2.45, 2.75) is 18.2 Å². The topological polar surface area (TPSA) is 75.6 Å². The summed E-state index contributed by atoms with van der Waals surface area (Å²) >= 11 is 1.37. The Morgan fingerprint density at radius 2 is 1.73 bits per heavy atom. The zero-order valence-electron chi connectivity index (χ0n) is 17.0. The molecule has 0 saturated carbocycles. The summed E-state index contributed by atoms with van der Waals surface area (Å²) in [5.41, 5.74) is 2.45. The van der Waals surface area contributed by atoms with Gasteiger partial charge in [0.05, 0.1) is 12.0 Å². The van der Waals surface area contributed by atoms with E-state index in [0.29, 0.717) is 38.3 Å². The smallest absolute Gasteiger partial charge is 0.243 e. The summed E-state index contributed by atoms with van der Waals surface area (Å²) in [6.07, 6.45) is 0.703. The molecular weight excluding hydrogens is 420 g/mol. The van der Waals surface area contributed by atoms with Gasteiger partial charge in [0.1, 0.15) is 11.6 Å². The van der Waals surface area contributed by atoms with Crippen molar-refractivity contribution in [1.82, 2.24) is 13.7 Å². The number of aryl methyl sites for hydroxylation is 1. The Morgan fingerprint density at radius 3 is 2.40 bits per heavy atom. The Labute approximate surface area is 181 Å². The van der Waals surface area contributed by atoms with Gasteiger partial charge in [0.25, 0.3) is 0 Å². The molecule has 4 rings (SSSR count). The summed E-state index contributed by atoms with van der Waals surface area (Å²) in [4.78, 5) is 7.08. The van der Waals surface area contributed by atoms with Crippen molar-refractivity contribution in [1.29, 1.82) is 0 Å². The molecule has 1 aliphatic heterocycles. The molecule has 0 radical (unpaired) electrons. The molecule has 0 N–H and O–H groups in total. The lowest BCUT2D eigenvalue weighted by molar-refractivity contribution is 0.384. The van der Waals surface area contributed by atoms with Crippen molar-refractivity contribution in [3.8, 4) is 5.75 Å². The summed E-state index contributed by atoms with van der Waals surface area (Å²) in [7, 11) is -1.96. The largest absolute Gasteiger partial charge is 0.497 e. The fourth-order valence-electron chi connectivity index (χ4n) is 3.44. The number of nitrogens with zero attached hydrogens (tertiary/aromatic N) is 4. The molecular formula is C21H24N4O3S2. The van der Waals surface area contributed by atoms with Crippen molar-refractivity contribution in [3.63, 3.8) is 0 Å². The summed E-state index contributed by atoms with van der Waals surface area (Å²) in [5.74, 6) is 1.44. The first-order chi connectivity index (χ1) is 14.5. The second-order valence-corrected chi connectivity index (χ2v) is 9.83. The number of hydrogen-bond acceptors (Lipinski definition) is 7. The normalized spacial score (nSPS) is 15.3. The Morgan fingerprint density at radius 1 is 1.03 bits per heavy atom. The van der Waals surface area contributed by atoms with Crippen LogP contribution in [0.2, 0.25) is 0 Å². The van der Waals surface area contributed by atoms with Crippen LogP contribution in [0.4, 0.5) is 5.13 Å². The van der Waals surface area contributed by atoms with Crippen LogP contribution in [0.5, 0.6) is 5.75 Å². The van der Waals surface area contributed by atoms with Crippen LogP contribution in [0.3, 0.4) is 0 Å². The molecule has 2 aromatic carbocycles.